The number of alkyl halides is 3. The van der Waals surface area contributed by atoms with Crippen molar-refractivity contribution >= 4 is 23.2 Å². The molecule has 8 heteroatoms. The van der Waals surface area contributed by atoms with Crippen molar-refractivity contribution in [2.45, 2.75) is 6.36 Å². The fourth-order valence-corrected chi connectivity index (χ4v) is 0.992. The first-order chi connectivity index (χ1) is 6.31. The Kier molecular flexibility index (Phi) is 2.96. The van der Waals surface area contributed by atoms with Gasteiger partial charge in [-0.05, 0) is 0 Å². The van der Waals surface area contributed by atoms with Crippen LogP contribution in [0, 0.1) is 0 Å². The van der Waals surface area contributed by atoms with E-state index in [0.717, 1.165) is 6.20 Å². The summed E-state index contributed by atoms with van der Waals surface area (Å²) in [5, 5.41) is -0.995. The van der Waals surface area contributed by atoms with Crippen molar-refractivity contribution in [3.05, 3.63) is 26.6 Å². The van der Waals surface area contributed by atoms with E-state index < -0.39 is 27.7 Å². The Morgan fingerprint density at radius 2 is 1.93 bits per heavy atom. The number of hydrogen-bond donors (Lipinski definition) is 1. The molecular weight excluding hydrogens is 246 g/mol. The molecular formula is C6H2Cl2F3NO2. The molecule has 0 fully saturated rings. The van der Waals surface area contributed by atoms with Gasteiger partial charge < -0.3 is 9.72 Å². The largest absolute Gasteiger partial charge is 0.573 e. The first-order valence-corrected chi connectivity index (χ1v) is 3.89. The summed E-state index contributed by atoms with van der Waals surface area (Å²) in [6.07, 6.45) is -4.02. The second-order valence-electron chi connectivity index (χ2n) is 2.16. The topological polar surface area (TPSA) is 42.1 Å². The van der Waals surface area contributed by atoms with E-state index >= 15 is 0 Å². The standard InChI is InChI=1S/C6H2Cl2F3NO2/c7-2-1-12-5(8)4(3(2)13)14-6(9,10)11/h1H,(H,12,13). The lowest BCUT2D eigenvalue weighted by Gasteiger charge is -2.09. The van der Waals surface area contributed by atoms with Crippen LogP contribution in [-0.2, 0) is 0 Å². The van der Waals surface area contributed by atoms with E-state index in [1.165, 1.54) is 0 Å². The van der Waals surface area contributed by atoms with Gasteiger partial charge in [-0.15, -0.1) is 13.2 Å². The summed E-state index contributed by atoms with van der Waals surface area (Å²) in [4.78, 5) is 13.1. The number of halogens is 5. The molecule has 0 bridgehead atoms. The van der Waals surface area contributed by atoms with Crippen LogP contribution in [0.1, 0.15) is 0 Å². The van der Waals surface area contributed by atoms with Crippen LogP contribution in [0.2, 0.25) is 10.2 Å². The van der Waals surface area contributed by atoms with E-state index in [2.05, 4.69) is 9.72 Å². The maximum atomic E-state index is 11.8. The number of rotatable bonds is 1. The minimum absolute atomic E-state index is 0.436. The van der Waals surface area contributed by atoms with Gasteiger partial charge in [0.05, 0.1) is 0 Å². The minimum atomic E-state index is -4.98. The van der Waals surface area contributed by atoms with Crippen molar-refractivity contribution in [1.82, 2.24) is 4.98 Å². The molecule has 0 radical (unpaired) electrons. The molecule has 0 aromatic carbocycles. The fourth-order valence-electron chi connectivity index (χ4n) is 0.673. The Morgan fingerprint density at radius 1 is 1.36 bits per heavy atom. The van der Waals surface area contributed by atoms with Gasteiger partial charge in [0.15, 0.2) is 5.15 Å². The molecule has 0 spiro atoms. The average Bonchev–Trinajstić information content (AvgIpc) is 2.04. The second-order valence-corrected chi connectivity index (χ2v) is 2.94. The molecule has 0 aliphatic carbocycles. The molecule has 1 rings (SSSR count). The van der Waals surface area contributed by atoms with Gasteiger partial charge in [-0.1, -0.05) is 23.2 Å². The van der Waals surface area contributed by atoms with Crippen molar-refractivity contribution in [3.8, 4) is 5.75 Å². The van der Waals surface area contributed by atoms with Gasteiger partial charge in [0.25, 0.3) is 0 Å². The van der Waals surface area contributed by atoms with Crippen LogP contribution >= 0.6 is 23.2 Å². The highest BCUT2D eigenvalue weighted by molar-refractivity contribution is 6.33. The molecule has 0 atom stereocenters. The van der Waals surface area contributed by atoms with Gasteiger partial charge in [0.1, 0.15) is 5.02 Å². The quantitative estimate of drug-likeness (QED) is 0.776. The number of pyridine rings is 1. The lowest BCUT2D eigenvalue weighted by atomic mass is 10.4. The third kappa shape index (κ3) is 2.55. The van der Waals surface area contributed by atoms with Gasteiger partial charge in [-0.3, -0.25) is 4.79 Å². The predicted octanol–water partition coefficient (Wildman–Crippen LogP) is 2.58. The summed E-state index contributed by atoms with van der Waals surface area (Å²) in [7, 11) is 0. The van der Waals surface area contributed by atoms with Crippen LogP contribution in [0.3, 0.4) is 0 Å². The molecule has 1 aromatic rings. The SMILES string of the molecule is O=c1c(Cl)c[nH]c(Cl)c1OC(F)(F)F. The van der Waals surface area contributed by atoms with Gasteiger partial charge >= 0.3 is 6.36 Å². The maximum absolute atomic E-state index is 11.8. The molecule has 78 valence electrons. The Labute approximate surface area is 85.4 Å². The molecule has 0 saturated carbocycles. The molecule has 0 aliphatic rings. The van der Waals surface area contributed by atoms with E-state index in [9.17, 15) is 18.0 Å². The molecule has 0 saturated heterocycles. The molecule has 0 amide bonds. The summed E-state index contributed by atoms with van der Waals surface area (Å²) in [6.45, 7) is 0. The van der Waals surface area contributed by atoms with E-state index in [0.29, 0.717) is 0 Å². The van der Waals surface area contributed by atoms with Crippen LogP contribution < -0.4 is 10.2 Å². The molecule has 1 aromatic heterocycles. The lowest BCUT2D eigenvalue weighted by Crippen LogP contribution is -2.22. The average molecular weight is 248 g/mol. The molecule has 1 heterocycles. The van der Waals surface area contributed by atoms with Crippen molar-refractivity contribution in [3.63, 3.8) is 0 Å². The fraction of sp³-hybridized carbons (Fsp3) is 0.167. The first kappa shape index (κ1) is 11.2. The summed E-state index contributed by atoms with van der Waals surface area (Å²) in [5.41, 5.74) is -1.12. The Balaban J connectivity index is 3.21. The first-order valence-electron chi connectivity index (χ1n) is 3.13. The van der Waals surface area contributed by atoms with Crippen LogP contribution in [0.25, 0.3) is 0 Å². The van der Waals surface area contributed by atoms with Crippen LogP contribution in [-0.4, -0.2) is 11.3 Å². The third-order valence-corrected chi connectivity index (χ3v) is 1.73. The zero-order chi connectivity index (χ0) is 10.9. The molecule has 3 nitrogen and oxygen atoms in total. The zero-order valence-corrected chi connectivity index (χ0v) is 7.80. The summed E-state index contributed by atoms with van der Waals surface area (Å²) < 4.78 is 38.7. The Morgan fingerprint density at radius 3 is 2.43 bits per heavy atom. The number of ether oxygens (including phenoxy) is 1. The van der Waals surface area contributed by atoms with Gasteiger partial charge in [0.2, 0.25) is 11.2 Å². The van der Waals surface area contributed by atoms with E-state index in [-0.39, 0.29) is 0 Å². The highest BCUT2D eigenvalue weighted by Gasteiger charge is 2.33. The highest BCUT2D eigenvalue weighted by Crippen LogP contribution is 2.26. The van der Waals surface area contributed by atoms with Crippen LogP contribution in [0.4, 0.5) is 13.2 Å². The number of H-pyrrole nitrogens is 1. The minimum Gasteiger partial charge on any atom is -0.398 e. The van der Waals surface area contributed by atoms with E-state index in [1.54, 1.807) is 0 Å². The summed E-state index contributed by atoms with van der Waals surface area (Å²) in [6, 6.07) is 0. The molecule has 0 aliphatic heterocycles. The number of hydrogen-bond acceptors (Lipinski definition) is 2. The van der Waals surface area contributed by atoms with Crippen molar-refractivity contribution in [1.29, 1.82) is 0 Å². The maximum Gasteiger partial charge on any atom is 0.573 e. The number of aromatic nitrogens is 1. The molecule has 14 heavy (non-hydrogen) atoms. The Bertz CT molecular complexity index is 401. The van der Waals surface area contributed by atoms with Crippen molar-refractivity contribution in [2.75, 3.05) is 0 Å². The zero-order valence-electron chi connectivity index (χ0n) is 6.28. The highest BCUT2D eigenvalue weighted by atomic mass is 35.5. The number of nitrogens with one attached hydrogen (secondary N) is 1. The van der Waals surface area contributed by atoms with Gasteiger partial charge in [-0.2, -0.15) is 0 Å². The predicted molar refractivity (Wildman–Crippen MR) is 43.8 cm³/mol. The van der Waals surface area contributed by atoms with E-state index in [4.69, 9.17) is 23.2 Å². The van der Waals surface area contributed by atoms with Crippen molar-refractivity contribution in [2.24, 2.45) is 0 Å². The normalized spacial score (nSPS) is 11.5. The molecule has 0 unspecified atom stereocenters. The van der Waals surface area contributed by atoms with Gasteiger partial charge in [0, 0.05) is 6.20 Å². The van der Waals surface area contributed by atoms with Gasteiger partial charge in [-0.25, -0.2) is 0 Å². The van der Waals surface area contributed by atoms with E-state index in [1.807, 2.05) is 0 Å². The lowest BCUT2D eigenvalue weighted by molar-refractivity contribution is -0.275. The Hall–Kier alpha value is -0.880. The second kappa shape index (κ2) is 3.70. The van der Waals surface area contributed by atoms with Crippen molar-refractivity contribution < 1.29 is 17.9 Å². The van der Waals surface area contributed by atoms with Crippen LogP contribution in [0.5, 0.6) is 5.75 Å². The summed E-state index contributed by atoms with van der Waals surface area (Å²) in [5.74, 6) is -1.06. The summed E-state index contributed by atoms with van der Waals surface area (Å²) >= 11 is 10.5. The number of aromatic amines is 1. The molecule has 1 N–H and O–H groups in total. The smallest absolute Gasteiger partial charge is 0.398 e. The monoisotopic (exact) mass is 247 g/mol. The third-order valence-electron chi connectivity index (χ3n) is 1.17. The van der Waals surface area contributed by atoms with Crippen LogP contribution in [0.15, 0.2) is 11.0 Å².